The fourth-order valence-corrected chi connectivity index (χ4v) is 1.28. The molecule has 1 aromatic carbocycles. The molecule has 0 saturated heterocycles. The Morgan fingerprint density at radius 1 is 1.07 bits per heavy atom. The third kappa shape index (κ3) is 3.90. The smallest absolute Gasteiger partial charge is 0.118 e. The van der Waals surface area contributed by atoms with Gasteiger partial charge in [0.05, 0.1) is 26.4 Å². The van der Waals surface area contributed by atoms with E-state index in [1.807, 2.05) is 31.2 Å². The van der Waals surface area contributed by atoms with Gasteiger partial charge in [-0.3, -0.25) is 0 Å². The summed E-state index contributed by atoms with van der Waals surface area (Å²) in [6.07, 6.45) is 0.0889. The van der Waals surface area contributed by atoms with Gasteiger partial charge >= 0.3 is 0 Å². The molecule has 0 spiro atoms. The fraction of sp³-hybridized carbons (Fsp3) is 0.500. The Hall–Kier alpha value is -1.06. The molecule has 1 atom stereocenters. The Balaban J connectivity index is 2.46. The predicted molar refractivity (Wildman–Crippen MR) is 59.2 cm³/mol. The van der Waals surface area contributed by atoms with Crippen LogP contribution in [0.5, 0.6) is 5.75 Å². The van der Waals surface area contributed by atoms with E-state index < -0.39 is 0 Å². The molecule has 0 aliphatic rings. The molecular formula is C12H18O3. The van der Waals surface area contributed by atoms with Gasteiger partial charge in [0, 0.05) is 7.11 Å². The summed E-state index contributed by atoms with van der Waals surface area (Å²) in [4.78, 5) is 0. The van der Waals surface area contributed by atoms with Crippen molar-refractivity contribution < 1.29 is 14.2 Å². The zero-order valence-electron chi connectivity index (χ0n) is 9.53. The van der Waals surface area contributed by atoms with Crippen molar-refractivity contribution >= 4 is 0 Å². The summed E-state index contributed by atoms with van der Waals surface area (Å²) < 4.78 is 15.6. The average molecular weight is 210 g/mol. The van der Waals surface area contributed by atoms with Gasteiger partial charge in [-0.1, -0.05) is 12.1 Å². The summed E-state index contributed by atoms with van der Waals surface area (Å²) in [5.41, 5.74) is 1.15. The van der Waals surface area contributed by atoms with E-state index in [1.54, 1.807) is 14.2 Å². The van der Waals surface area contributed by atoms with Gasteiger partial charge in [-0.25, -0.2) is 0 Å². The van der Waals surface area contributed by atoms with Gasteiger partial charge < -0.3 is 14.2 Å². The highest BCUT2D eigenvalue weighted by molar-refractivity contribution is 5.28. The minimum absolute atomic E-state index is 0.0889. The van der Waals surface area contributed by atoms with Crippen molar-refractivity contribution in [3.05, 3.63) is 29.8 Å². The number of hydrogen-bond donors (Lipinski definition) is 0. The summed E-state index contributed by atoms with van der Waals surface area (Å²) in [7, 11) is 3.33. The maximum Gasteiger partial charge on any atom is 0.118 e. The molecule has 1 aromatic rings. The van der Waals surface area contributed by atoms with E-state index >= 15 is 0 Å². The number of hydrogen-bond acceptors (Lipinski definition) is 3. The lowest BCUT2D eigenvalue weighted by molar-refractivity contribution is 0.0255. The molecule has 0 heterocycles. The quantitative estimate of drug-likeness (QED) is 0.675. The van der Waals surface area contributed by atoms with Crippen LogP contribution in [0, 0.1) is 0 Å². The van der Waals surface area contributed by atoms with E-state index in [-0.39, 0.29) is 6.10 Å². The topological polar surface area (TPSA) is 27.7 Å². The largest absolute Gasteiger partial charge is 0.497 e. The Labute approximate surface area is 91.0 Å². The van der Waals surface area contributed by atoms with Gasteiger partial charge in [-0.2, -0.15) is 0 Å². The first-order valence-corrected chi connectivity index (χ1v) is 5.02. The Morgan fingerprint density at radius 3 is 2.27 bits per heavy atom. The molecule has 0 bridgehead atoms. The van der Waals surface area contributed by atoms with Crippen molar-refractivity contribution in [3.8, 4) is 5.75 Å². The fourth-order valence-electron chi connectivity index (χ4n) is 1.28. The van der Waals surface area contributed by atoms with E-state index in [0.717, 1.165) is 11.3 Å². The minimum Gasteiger partial charge on any atom is -0.497 e. The van der Waals surface area contributed by atoms with Crippen LogP contribution in [0.4, 0.5) is 0 Å². The molecule has 0 saturated carbocycles. The van der Waals surface area contributed by atoms with Gasteiger partial charge in [0.15, 0.2) is 0 Å². The number of methoxy groups -OCH3 is 2. The van der Waals surface area contributed by atoms with Crippen LogP contribution in [0.1, 0.15) is 18.6 Å². The SMILES string of the molecule is COCCOC(C)c1ccc(OC)cc1. The van der Waals surface area contributed by atoms with Crippen LogP contribution in [-0.4, -0.2) is 27.4 Å². The second-order valence-corrected chi connectivity index (χ2v) is 3.28. The molecule has 15 heavy (non-hydrogen) atoms. The molecule has 1 unspecified atom stereocenters. The van der Waals surface area contributed by atoms with Crippen LogP contribution in [0.3, 0.4) is 0 Å². The van der Waals surface area contributed by atoms with E-state index in [4.69, 9.17) is 14.2 Å². The summed E-state index contributed by atoms with van der Waals surface area (Å²) in [6, 6.07) is 7.89. The van der Waals surface area contributed by atoms with Crippen molar-refractivity contribution in [2.45, 2.75) is 13.0 Å². The first-order valence-electron chi connectivity index (χ1n) is 5.02. The van der Waals surface area contributed by atoms with Gasteiger partial charge in [-0.05, 0) is 24.6 Å². The maximum absolute atomic E-state index is 5.58. The minimum atomic E-state index is 0.0889. The Kier molecular flexibility index (Phi) is 5.15. The first kappa shape index (κ1) is 12.0. The molecule has 0 amide bonds. The molecule has 0 radical (unpaired) electrons. The highest BCUT2D eigenvalue weighted by Crippen LogP contribution is 2.19. The maximum atomic E-state index is 5.58. The van der Waals surface area contributed by atoms with Gasteiger partial charge in [0.1, 0.15) is 5.75 Å². The van der Waals surface area contributed by atoms with Crippen molar-refractivity contribution in [1.29, 1.82) is 0 Å². The van der Waals surface area contributed by atoms with Crippen LogP contribution < -0.4 is 4.74 Å². The van der Waals surface area contributed by atoms with Crippen molar-refractivity contribution in [3.63, 3.8) is 0 Å². The third-order valence-electron chi connectivity index (χ3n) is 2.24. The van der Waals surface area contributed by atoms with E-state index in [1.165, 1.54) is 0 Å². The molecule has 1 rings (SSSR count). The first-order chi connectivity index (χ1) is 7.27. The summed E-state index contributed by atoms with van der Waals surface area (Å²) >= 11 is 0. The zero-order chi connectivity index (χ0) is 11.1. The van der Waals surface area contributed by atoms with Crippen LogP contribution in [0.15, 0.2) is 24.3 Å². The van der Waals surface area contributed by atoms with Gasteiger partial charge in [-0.15, -0.1) is 0 Å². The molecule has 84 valence electrons. The van der Waals surface area contributed by atoms with Crippen molar-refractivity contribution in [1.82, 2.24) is 0 Å². The van der Waals surface area contributed by atoms with E-state index in [0.29, 0.717) is 13.2 Å². The average Bonchev–Trinajstić information content (AvgIpc) is 2.29. The lowest BCUT2D eigenvalue weighted by Gasteiger charge is -2.13. The van der Waals surface area contributed by atoms with Gasteiger partial charge in [0.2, 0.25) is 0 Å². The number of ether oxygens (including phenoxy) is 3. The lowest BCUT2D eigenvalue weighted by atomic mass is 10.1. The molecule has 0 fully saturated rings. The van der Waals surface area contributed by atoms with E-state index in [2.05, 4.69) is 0 Å². The van der Waals surface area contributed by atoms with Crippen LogP contribution in [0.2, 0.25) is 0 Å². The number of benzene rings is 1. The molecule has 0 N–H and O–H groups in total. The van der Waals surface area contributed by atoms with Crippen LogP contribution in [-0.2, 0) is 9.47 Å². The second kappa shape index (κ2) is 6.43. The predicted octanol–water partition coefficient (Wildman–Crippen LogP) is 2.42. The second-order valence-electron chi connectivity index (χ2n) is 3.28. The zero-order valence-corrected chi connectivity index (χ0v) is 9.53. The molecule has 3 nitrogen and oxygen atoms in total. The Morgan fingerprint density at radius 2 is 1.73 bits per heavy atom. The molecule has 0 aliphatic carbocycles. The monoisotopic (exact) mass is 210 g/mol. The van der Waals surface area contributed by atoms with Crippen molar-refractivity contribution in [2.75, 3.05) is 27.4 Å². The number of rotatable bonds is 6. The van der Waals surface area contributed by atoms with Crippen LogP contribution >= 0.6 is 0 Å². The Bertz CT molecular complexity index is 269. The molecule has 3 heteroatoms. The molecule has 0 aromatic heterocycles. The molecule has 0 aliphatic heterocycles. The highest BCUT2D eigenvalue weighted by Gasteiger charge is 2.05. The third-order valence-corrected chi connectivity index (χ3v) is 2.24. The summed E-state index contributed by atoms with van der Waals surface area (Å²) in [5, 5.41) is 0. The van der Waals surface area contributed by atoms with Gasteiger partial charge in [0.25, 0.3) is 0 Å². The summed E-state index contributed by atoms with van der Waals surface area (Å²) in [5.74, 6) is 0.864. The van der Waals surface area contributed by atoms with E-state index in [9.17, 15) is 0 Å². The van der Waals surface area contributed by atoms with Crippen LogP contribution in [0.25, 0.3) is 0 Å². The highest BCUT2D eigenvalue weighted by atomic mass is 16.5. The summed E-state index contributed by atoms with van der Waals surface area (Å²) in [6.45, 7) is 3.27. The normalized spacial score (nSPS) is 12.5. The van der Waals surface area contributed by atoms with Crippen molar-refractivity contribution in [2.24, 2.45) is 0 Å². The lowest BCUT2D eigenvalue weighted by Crippen LogP contribution is -2.06. The standard InChI is InChI=1S/C12H18O3/c1-10(15-9-8-13-2)11-4-6-12(14-3)7-5-11/h4-7,10H,8-9H2,1-3H3. The molecular weight excluding hydrogens is 192 g/mol.